The van der Waals surface area contributed by atoms with Crippen molar-refractivity contribution in [1.82, 2.24) is 5.16 Å². The van der Waals surface area contributed by atoms with Crippen LogP contribution >= 0.6 is 0 Å². The highest BCUT2D eigenvalue weighted by atomic mass is 32.2. The van der Waals surface area contributed by atoms with Crippen LogP contribution in [0.4, 0.5) is 5.88 Å². The first-order valence-corrected chi connectivity index (χ1v) is 10.6. The quantitative estimate of drug-likeness (QED) is 0.451. The molecule has 146 valence electrons. The number of benzene rings is 3. The molecule has 0 unspecified atom stereocenters. The van der Waals surface area contributed by atoms with Gasteiger partial charge in [0, 0.05) is 11.6 Å². The summed E-state index contributed by atoms with van der Waals surface area (Å²) in [4.78, 5) is 0.205. The molecule has 0 bridgehead atoms. The molecule has 0 atom stereocenters. The number of nitrogens with zero attached hydrogens (tertiary/aromatic N) is 2. The van der Waals surface area contributed by atoms with E-state index in [1.807, 2.05) is 67.6 Å². The lowest BCUT2D eigenvalue weighted by atomic mass is 10.1. The Morgan fingerprint density at radius 2 is 1.48 bits per heavy atom. The highest BCUT2D eigenvalue weighted by Gasteiger charge is 2.28. The fourth-order valence-electron chi connectivity index (χ4n) is 3.00. The lowest BCUT2D eigenvalue weighted by molar-refractivity contribution is 0.426. The third kappa shape index (κ3) is 4.07. The molecule has 4 aromatic rings. The minimum atomic E-state index is -3.84. The number of hydrogen-bond acceptors (Lipinski definition) is 4. The number of anilines is 1. The summed E-state index contributed by atoms with van der Waals surface area (Å²) in [5.74, 6) is 0.174. The van der Waals surface area contributed by atoms with Crippen LogP contribution in [0.15, 0.2) is 100 Å². The van der Waals surface area contributed by atoms with Crippen molar-refractivity contribution >= 4 is 15.9 Å². The molecule has 0 fully saturated rings. The average Bonchev–Trinajstić information content (AvgIpc) is 3.23. The number of hydrogen-bond donors (Lipinski definition) is 0. The second-order valence-electron chi connectivity index (χ2n) is 6.73. The zero-order chi connectivity index (χ0) is 20.3. The third-order valence-corrected chi connectivity index (χ3v) is 6.35. The van der Waals surface area contributed by atoms with Gasteiger partial charge >= 0.3 is 0 Å². The van der Waals surface area contributed by atoms with Gasteiger partial charge in [-0.3, -0.25) is 0 Å². The van der Waals surface area contributed by atoms with Gasteiger partial charge in [-0.25, -0.2) is 12.7 Å². The van der Waals surface area contributed by atoms with Crippen LogP contribution in [0, 0.1) is 6.92 Å². The summed E-state index contributed by atoms with van der Waals surface area (Å²) >= 11 is 0. The maximum Gasteiger partial charge on any atom is 0.266 e. The van der Waals surface area contributed by atoms with E-state index in [1.54, 1.807) is 30.3 Å². The lowest BCUT2D eigenvalue weighted by Crippen LogP contribution is -2.30. The second kappa shape index (κ2) is 7.93. The van der Waals surface area contributed by atoms with Gasteiger partial charge in [0.1, 0.15) is 5.69 Å². The van der Waals surface area contributed by atoms with Crippen LogP contribution in [-0.4, -0.2) is 13.6 Å². The highest BCUT2D eigenvalue weighted by Crippen LogP contribution is 2.30. The highest BCUT2D eigenvalue weighted by molar-refractivity contribution is 7.92. The summed E-state index contributed by atoms with van der Waals surface area (Å²) < 4.78 is 33.6. The molecule has 29 heavy (non-hydrogen) atoms. The SMILES string of the molecule is Cc1ccc(S(=O)(=O)N(Cc2ccccc2)c2cc(-c3ccccc3)no2)cc1. The molecular formula is C23H20N2O3S. The van der Waals surface area contributed by atoms with Gasteiger partial charge in [0.05, 0.1) is 11.4 Å². The van der Waals surface area contributed by atoms with Gasteiger partial charge in [0.2, 0.25) is 5.88 Å². The van der Waals surface area contributed by atoms with Gasteiger partial charge in [0.15, 0.2) is 0 Å². The third-order valence-electron chi connectivity index (χ3n) is 4.59. The van der Waals surface area contributed by atoms with Crippen LogP contribution in [0.5, 0.6) is 0 Å². The Hall–Kier alpha value is -3.38. The Labute approximate surface area is 170 Å². The van der Waals surface area contributed by atoms with Gasteiger partial charge in [-0.15, -0.1) is 0 Å². The number of sulfonamides is 1. The predicted octanol–water partition coefficient (Wildman–Crippen LogP) is 5.05. The maximum absolute atomic E-state index is 13.4. The molecule has 0 radical (unpaired) electrons. The normalized spacial score (nSPS) is 11.3. The molecule has 0 aliphatic heterocycles. The predicted molar refractivity (Wildman–Crippen MR) is 113 cm³/mol. The largest absolute Gasteiger partial charge is 0.337 e. The van der Waals surface area contributed by atoms with E-state index in [1.165, 1.54) is 4.31 Å². The maximum atomic E-state index is 13.4. The molecule has 0 N–H and O–H groups in total. The zero-order valence-corrected chi connectivity index (χ0v) is 16.7. The molecule has 4 rings (SSSR count). The van der Waals surface area contributed by atoms with Crippen LogP contribution < -0.4 is 4.31 Å². The van der Waals surface area contributed by atoms with Gasteiger partial charge in [-0.05, 0) is 24.6 Å². The second-order valence-corrected chi connectivity index (χ2v) is 8.59. The van der Waals surface area contributed by atoms with Crippen LogP contribution in [-0.2, 0) is 16.6 Å². The summed E-state index contributed by atoms with van der Waals surface area (Å²) in [6.45, 7) is 2.06. The molecule has 1 heterocycles. The topological polar surface area (TPSA) is 63.4 Å². The van der Waals surface area contributed by atoms with Crippen LogP contribution in [0.1, 0.15) is 11.1 Å². The van der Waals surface area contributed by atoms with Gasteiger partial charge < -0.3 is 4.52 Å². The summed E-state index contributed by atoms with van der Waals surface area (Å²) in [5, 5.41) is 4.09. The van der Waals surface area contributed by atoms with E-state index in [0.29, 0.717) is 5.69 Å². The van der Waals surface area contributed by atoms with Crippen molar-refractivity contribution in [3.63, 3.8) is 0 Å². The number of aryl methyl sites for hydroxylation is 1. The standard InChI is InChI=1S/C23H20N2O3S/c1-18-12-14-21(15-13-18)29(26,27)25(17-19-8-4-2-5-9-19)23-16-22(24-28-23)20-10-6-3-7-11-20/h2-16H,17H2,1H3. The molecule has 1 aromatic heterocycles. The summed E-state index contributed by atoms with van der Waals surface area (Å²) in [5.41, 5.74) is 3.28. The summed E-state index contributed by atoms with van der Waals surface area (Å²) in [6.07, 6.45) is 0. The minimum Gasteiger partial charge on any atom is -0.337 e. The Morgan fingerprint density at radius 3 is 2.14 bits per heavy atom. The first kappa shape index (κ1) is 19.0. The fraction of sp³-hybridized carbons (Fsp3) is 0.0870. The van der Waals surface area contributed by atoms with Crippen LogP contribution in [0.3, 0.4) is 0 Å². The zero-order valence-electron chi connectivity index (χ0n) is 15.9. The van der Waals surface area contributed by atoms with E-state index in [2.05, 4.69) is 5.16 Å². The van der Waals surface area contributed by atoms with Crippen molar-refractivity contribution in [1.29, 1.82) is 0 Å². The van der Waals surface area contributed by atoms with Crippen LogP contribution in [0.2, 0.25) is 0 Å². The Morgan fingerprint density at radius 1 is 0.862 bits per heavy atom. The van der Waals surface area contributed by atoms with E-state index < -0.39 is 10.0 Å². The Kier molecular flexibility index (Phi) is 5.18. The van der Waals surface area contributed by atoms with Crippen molar-refractivity contribution < 1.29 is 12.9 Å². The molecule has 3 aromatic carbocycles. The van der Waals surface area contributed by atoms with E-state index in [0.717, 1.165) is 16.7 Å². The van der Waals surface area contributed by atoms with E-state index in [4.69, 9.17) is 4.52 Å². The van der Waals surface area contributed by atoms with Crippen molar-refractivity contribution in [2.75, 3.05) is 4.31 Å². The minimum absolute atomic E-state index is 0.139. The van der Waals surface area contributed by atoms with Crippen molar-refractivity contribution in [2.45, 2.75) is 18.4 Å². The molecule has 6 heteroatoms. The Balaban J connectivity index is 1.77. The van der Waals surface area contributed by atoms with Gasteiger partial charge in [-0.2, -0.15) is 0 Å². The molecule has 0 aliphatic rings. The molecule has 0 spiro atoms. The molecule has 5 nitrogen and oxygen atoms in total. The van der Waals surface area contributed by atoms with E-state index in [-0.39, 0.29) is 17.3 Å². The van der Waals surface area contributed by atoms with E-state index in [9.17, 15) is 8.42 Å². The average molecular weight is 404 g/mol. The van der Waals surface area contributed by atoms with Crippen molar-refractivity contribution in [2.24, 2.45) is 0 Å². The van der Waals surface area contributed by atoms with Crippen LogP contribution in [0.25, 0.3) is 11.3 Å². The van der Waals surface area contributed by atoms with Gasteiger partial charge in [0.25, 0.3) is 10.0 Å². The monoisotopic (exact) mass is 404 g/mol. The molecule has 0 saturated carbocycles. The first-order valence-electron chi connectivity index (χ1n) is 9.19. The smallest absolute Gasteiger partial charge is 0.266 e. The lowest BCUT2D eigenvalue weighted by Gasteiger charge is -2.21. The van der Waals surface area contributed by atoms with E-state index >= 15 is 0 Å². The van der Waals surface area contributed by atoms with Crippen molar-refractivity contribution in [3.8, 4) is 11.3 Å². The first-order chi connectivity index (χ1) is 14.0. The van der Waals surface area contributed by atoms with Crippen molar-refractivity contribution in [3.05, 3.63) is 102 Å². The summed E-state index contributed by atoms with van der Waals surface area (Å²) in [7, 11) is -3.84. The summed E-state index contributed by atoms with van der Waals surface area (Å²) in [6, 6.07) is 27.4. The molecule has 0 saturated heterocycles. The molecule has 0 aliphatic carbocycles. The number of rotatable bonds is 6. The Bertz CT molecular complexity index is 1190. The number of aromatic nitrogens is 1. The fourth-order valence-corrected chi connectivity index (χ4v) is 4.37. The molecular weight excluding hydrogens is 384 g/mol. The molecule has 0 amide bonds. The van der Waals surface area contributed by atoms with Gasteiger partial charge in [-0.1, -0.05) is 83.5 Å².